The molecule has 1 aliphatic heterocycles. The quantitative estimate of drug-likeness (QED) is 0.846. The van der Waals surface area contributed by atoms with Crippen molar-refractivity contribution in [3.8, 4) is 5.75 Å². The Hall–Kier alpha value is -2.30. The molecule has 0 spiro atoms. The van der Waals surface area contributed by atoms with Crippen molar-refractivity contribution in [1.29, 1.82) is 0 Å². The van der Waals surface area contributed by atoms with Crippen LogP contribution in [0.3, 0.4) is 0 Å². The van der Waals surface area contributed by atoms with Gasteiger partial charge < -0.3 is 14.6 Å². The van der Waals surface area contributed by atoms with Crippen LogP contribution in [0, 0.1) is 0 Å². The van der Waals surface area contributed by atoms with Crippen molar-refractivity contribution in [3.05, 3.63) is 42.0 Å². The van der Waals surface area contributed by atoms with E-state index in [0.717, 1.165) is 18.4 Å². The summed E-state index contributed by atoms with van der Waals surface area (Å²) >= 11 is 0. The summed E-state index contributed by atoms with van der Waals surface area (Å²) < 4.78 is 1.69. The molecule has 2 aromatic rings. The number of para-hydroxylation sites is 1. The van der Waals surface area contributed by atoms with Crippen LogP contribution in [0.15, 0.2) is 30.7 Å². The minimum absolute atomic E-state index is 0.123. The highest BCUT2D eigenvalue weighted by Gasteiger charge is 2.27. The van der Waals surface area contributed by atoms with Crippen LogP contribution in [0.25, 0.3) is 0 Å². The van der Waals surface area contributed by atoms with E-state index >= 15 is 0 Å². The number of aromatic hydroxyl groups is 1. The number of amides is 1. The van der Waals surface area contributed by atoms with Crippen LogP contribution in [-0.4, -0.2) is 27.1 Å². The molecule has 98 valence electrons. The summed E-state index contributed by atoms with van der Waals surface area (Å²) in [7, 11) is 1.79. The summed E-state index contributed by atoms with van der Waals surface area (Å²) in [4.78, 5) is 18.2. The number of anilines is 1. The van der Waals surface area contributed by atoms with Gasteiger partial charge >= 0.3 is 0 Å². The van der Waals surface area contributed by atoms with Gasteiger partial charge in [0.1, 0.15) is 11.4 Å². The number of hydrogen-bond donors (Lipinski definition) is 1. The number of fused-ring (bicyclic) bond motifs is 1. The first-order valence-electron chi connectivity index (χ1n) is 6.27. The summed E-state index contributed by atoms with van der Waals surface area (Å²) in [5.41, 5.74) is 2.18. The van der Waals surface area contributed by atoms with Crippen LogP contribution >= 0.6 is 0 Å². The number of carbonyl (C=O) groups excluding carboxylic acids is 1. The van der Waals surface area contributed by atoms with E-state index in [4.69, 9.17) is 0 Å². The van der Waals surface area contributed by atoms with Crippen LogP contribution in [0.4, 0.5) is 5.69 Å². The van der Waals surface area contributed by atoms with Crippen molar-refractivity contribution >= 4 is 11.6 Å². The summed E-state index contributed by atoms with van der Waals surface area (Å²) in [5.74, 6) is 0.0372. The van der Waals surface area contributed by atoms with Crippen molar-refractivity contribution in [2.45, 2.75) is 12.8 Å². The van der Waals surface area contributed by atoms with Crippen molar-refractivity contribution in [1.82, 2.24) is 9.55 Å². The first-order chi connectivity index (χ1) is 9.18. The second-order valence-electron chi connectivity index (χ2n) is 4.73. The number of rotatable bonds is 1. The van der Waals surface area contributed by atoms with Crippen molar-refractivity contribution < 1.29 is 9.90 Å². The van der Waals surface area contributed by atoms with E-state index in [1.807, 2.05) is 12.1 Å². The summed E-state index contributed by atoms with van der Waals surface area (Å²) in [5, 5.41) is 10.0. The zero-order valence-corrected chi connectivity index (χ0v) is 10.7. The average Bonchev–Trinajstić information content (AvgIpc) is 2.84. The summed E-state index contributed by atoms with van der Waals surface area (Å²) in [6, 6.07) is 5.39. The van der Waals surface area contributed by atoms with E-state index in [-0.39, 0.29) is 11.7 Å². The van der Waals surface area contributed by atoms with Gasteiger partial charge in [-0.25, -0.2) is 4.98 Å². The van der Waals surface area contributed by atoms with Gasteiger partial charge in [0, 0.05) is 13.6 Å². The highest BCUT2D eigenvalue weighted by atomic mass is 16.3. The number of aromatic nitrogens is 2. The normalized spacial score (nSPS) is 14.3. The second kappa shape index (κ2) is 4.42. The standard InChI is InChI=1S/C14H15N3O2/c1-16-9-15-8-11(16)14(19)17-7-3-5-10-4-2-6-12(18)13(10)17/h2,4,6,8-9,18H,3,5,7H2,1H3. The van der Waals surface area contributed by atoms with E-state index < -0.39 is 0 Å². The Labute approximate surface area is 111 Å². The zero-order chi connectivity index (χ0) is 13.4. The number of imidazole rings is 1. The summed E-state index contributed by atoms with van der Waals surface area (Å²) in [6.07, 6.45) is 4.94. The van der Waals surface area contributed by atoms with E-state index in [0.29, 0.717) is 17.9 Å². The predicted molar refractivity (Wildman–Crippen MR) is 71.3 cm³/mol. The third-order valence-corrected chi connectivity index (χ3v) is 3.48. The second-order valence-corrected chi connectivity index (χ2v) is 4.73. The first kappa shape index (κ1) is 11.8. The van der Waals surface area contributed by atoms with Gasteiger partial charge in [0.15, 0.2) is 0 Å². The molecular formula is C14H15N3O2. The van der Waals surface area contributed by atoms with Crippen LogP contribution in [0.2, 0.25) is 0 Å². The lowest BCUT2D eigenvalue weighted by atomic mass is 10.0. The van der Waals surface area contributed by atoms with E-state index in [1.54, 1.807) is 35.1 Å². The zero-order valence-electron chi connectivity index (χ0n) is 10.7. The van der Waals surface area contributed by atoms with Gasteiger partial charge in [-0.3, -0.25) is 4.79 Å². The monoisotopic (exact) mass is 257 g/mol. The Bertz CT molecular complexity index is 633. The molecule has 0 bridgehead atoms. The third kappa shape index (κ3) is 1.87. The van der Waals surface area contributed by atoms with Gasteiger partial charge in [0.2, 0.25) is 0 Å². The fourth-order valence-corrected chi connectivity index (χ4v) is 2.54. The fourth-order valence-electron chi connectivity index (χ4n) is 2.54. The smallest absolute Gasteiger partial charge is 0.276 e. The minimum Gasteiger partial charge on any atom is -0.506 e. The summed E-state index contributed by atoms with van der Waals surface area (Å²) in [6.45, 7) is 0.620. The Morgan fingerprint density at radius 2 is 2.26 bits per heavy atom. The number of nitrogens with zero attached hydrogens (tertiary/aromatic N) is 3. The van der Waals surface area contributed by atoms with Gasteiger partial charge in [-0.05, 0) is 24.5 Å². The van der Waals surface area contributed by atoms with Crippen LogP contribution in [0.1, 0.15) is 22.5 Å². The maximum atomic E-state index is 12.6. The van der Waals surface area contributed by atoms with Crippen molar-refractivity contribution in [3.63, 3.8) is 0 Å². The van der Waals surface area contributed by atoms with Gasteiger partial charge in [-0.2, -0.15) is 0 Å². The number of hydrogen-bond acceptors (Lipinski definition) is 3. The number of carbonyl (C=O) groups is 1. The molecule has 3 rings (SSSR count). The molecule has 5 heteroatoms. The Balaban J connectivity index is 2.05. The SMILES string of the molecule is Cn1cncc1C(=O)N1CCCc2cccc(O)c21. The highest BCUT2D eigenvalue weighted by molar-refractivity contribution is 6.06. The van der Waals surface area contributed by atoms with E-state index in [9.17, 15) is 9.90 Å². The minimum atomic E-state index is -0.123. The van der Waals surface area contributed by atoms with Gasteiger partial charge in [0.05, 0.1) is 18.2 Å². The average molecular weight is 257 g/mol. The molecule has 0 saturated heterocycles. The van der Waals surface area contributed by atoms with Crippen molar-refractivity contribution in [2.75, 3.05) is 11.4 Å². The van der Waals surface area contributed by atoms with Crippen molar-refractivity contribution in [2.24, 2.45) is 7.05 Å². The molecule has 0 radical (unpaired) electrons. The van der Waals surface area contributed by atoms with Gasteiger partial charge in [-0.1, -0.05) is 12.1 Å². The molecule has 19 heavy (non-hydrogen) atoms. The van der Waals surface area contributed by atoms with Gasteiger partial charge in [-0.15, -0.1) is 0 Å². The van der Waals surface area contributed by atoms with Gasteiger partial charge in [0.25, 0.3) is 5.91 Å². The fraction of sp³-hybridized carbons (Fsp3) is 0.286. The van der Waals surface area contributed by atoms with Crippen LogP contribution in [-0.2, 0) is 13.5 Å². The molecule has 1 aromatic carbocycles. The number of phenols is 1. The molecule has 1 amide bonds. The molecule has 0 unspecified atom stereocenters. The lowest BCUT2D eigenvalue weighted by molar-refractivity contribution is 0.0976. The Kier molecular flexibility index (Phi) is 2.74. The lowest BCUT2D eigenvalue weighted by Gasteiger charge is -2.30. The largest absolute Gasteiger partial charge is 0.506 e. The molecule has 0 saturated carbocycles. The molecule has 1 aromatic heterocycles. The highest BCUT2D eigenvalue weighted by Crippen LogP contribution is 2.36. The first-order valence-corrected chi connectivity index (χ1v) is 6.27. The third-order valence-electron chi connectivity index (χ3n) is 3.48. The van der Waals surface area contributed by atoms with Crippen LogP contribution in [0.5, 0.6) is 5.75 Å². The molecule has 0 atom stereocenters. The molecule has 5 nitrogen and oxygen atoms in total. The van der Waals surface area contributed by atoms with Crippen LogP contribution < -0.4 is 4.90 Å². The Morgan fingerprint density at radius 1 is 1.42 bits per heavy atom. The molecule has 1 aliphatic rings. The number of benzene rings is 1. The molecule has 0 aliphatic carbocycles. The number of phenolic OH excluding ortho intramolecular Hbond substituents is 1. The maximum absolute atomic E-state index is 12.6. The maximum Gasteiger partial charge on any atom is 0.276 e. The lowest BCUT2D eigenvalue weighted by Crippen LogP contribution is -2.36. The molecule has 2 heterocycles. The predicted octanol–water partition coefficient (Wildman–Crippen LogP) is 1.72. The van der Waals surface area contributed by atoms with E-state index in [2.05, 4.69) is 4.98 Å². The Morgan fingerprint density at radius 3 is 3.00 bits per heavy atom. The van der Waals surface area contributed by atoms with E-state index in [1.165, 1.54) is 0 Å². The molecule has 1 N–H and O–H groups in total. The molecule has 0 fully saturated rings. The topological polar surface area (TPSA) is 58.4 Å². The number of aryl methyl sites for hydroxylation is 2. The molecular weight excluding hydrogens is 242 g/mol.